The van der Waals surface area contributed by atoms with Gasteiger partial charge in [0.1, 0.15) is 5.82 Å². The van der Waals surface area contributed by atoms with Gasteiger partial charge in [-0.15, -0.1) is 15.3 Å². The predicted molar refractivity (Wildman–Crippen MR) is 85.9 cm³/mol. The highest BCUT2D eigenvalue weighted by atomic mass is 19.4. The van der Waals surface area contributed by atoms with Crippen molar-refractivity contribution in [1.29, 1.82) is 0 Å². The van der Waals surface area contributed by atoms with E-state index in [1.165, 1.54) is 6.07 Å². The monoisotopic (exact) mass is 347 g/mol. The van der Waals surface area contributed by atoms with E-state index in [1.807, 2.05) is 30.3 Å². The van der Waals surface area contributed by atoms with Gasteiger partial charge in [-0.25, -0.2) is 0 Å². The van der Waals surface area contributed by atoms with E-state index in [0.29, 0.717) is 17.7 Å². The van der Waals surface area contributed by atoms with Crippen LogP contribution in [0.1, 0.15) is 30.8 Å². The van der Waals surface area contributed by atoms with E-state index in [2.05, 4.69) is 27.5 Å². The van der Waals surface area contributed by atoms with Crippen LogP contribution in [0.3, 0.4) is 0 Å². The number of rotatable bonds is 4. The second-order valence-electron chi connectivity index (χ2n) is 6.42. The Morgan fingerprint density at radius 1 is 1.12 bits per heavy atom. The molecule has 1 aliphatic rings. The number of benzene rings is 1. The van der Waals surface area contributed by atoms with Crippen molar-refractivity contribution >= 4 is 11.5 Å². The summed E-state index contributed by atoms with van der Waals surface area (Å²) >= 11 is 0. The Bertz CT molecular complexity index is 890. The summed E-state index contributed by atoms with van der Waals surface area (Å²) in [5, 5.41) is 14.1. The van der Waals surface area contributed by atoms with Crippen molar-refractivity contribution in [3.8, 4) is 0 Å². The minimum absolute atomic E-state index is 0.00645. The van der Waals surface area contributed by atoms with Crippen molar-refractivity contribution in [3.05, 3.63) is 53.9 Å². The van der Waals surface area contributed by atoms with E-state index >= 15 is 0 Å². The average molecular weight is 347 g/mol. The number of anilines is 1. The van der Waals surface area contributed by atoms with Crippen LogP contribution in [0, 0.1) is 11.8 Å². The predicted octanol–water partition coefficient (Wildman–Crippen LogP) is 3.95. The highest BCUT2D eigenvalue weighted by Gasteiger charge is 2.41. The van der Waals surface area contributed by atoms with Gasteiger partial charge in [0, 0.05) is 0 Å². The van der Waals surface area contributed by atoms with Crippen LogP contribution in [-0.4, -0.2) is 19.8 Å². The Labute approximate surface area is 141 Å². The molecule has 3 atom stereocenters. The Kier molecular flexibility index (Phi) is 3.63. The number of nitrogens with zero attached hydrogens (tertiary/aromatic N) is 4. The summed E-state index contributed by atoms with van der Waals surface area (Å²) in [6, 6.07) is 13.0. The smallest absolute Gasteiger partial charge is 0.362 e. The number of fused-ring (bicyclic) bond motifs is 1. The molecule has 0 radical (unpaired) electrons. The van der Waals surface area contributed by atoms with Gasteiger partial charge < -0.3 is 5.32 Å². The summed E-state index contributed by atoms with van der Waals surface area (Å²) in [6.45, 7) is 2.17. The van der Waals surface area contributed by atoms with Gasteiger partial charge in [0.05, 0.1) is 6.04 Å². The molecule has 1 fully saturated rings. The number of aromatic nitrogens is 4. The van der Waals surface area contributed by atoms with Crippen molar-refractivity contribution < 1.29 is 13.2 Å². The molecule has 5 nitrogen and oxygen atoms in total. The minimum Gasteiger partial charge on any atom is -0.362 e. The second kappa shape index (κ2) is 5.72. The van der Waals surface area contributed by atoms with Crippen LogP contribution in [0.25, 0.3) is 5.65 Å². The fourth-order valence-corrected chi connectivity index (χ4v) is 3.12. The second-order valence-corrected chi connectivity index (χ2v) is 6.42. The molecule has 0 bridgehead atoms. The largest absolute Gasteiger partial charge is 0.453 e. The maximum Gasteiger partial charge on any atom is 0.453 e. The Morgan fingerprint density at radius 3 is 2.48 bits per heavy atom. The zero-order valence-electron chi connectivity index (χ0n) is 13.4. The molecule has 8 heteroatoms. The molecule has 1 aliphatic carbocycles. The van der Waals surface area contributed by atoms with E-state index in [-0.39, 0.29) is 11.7 Å². The first-order valence-electron chi connectivity index (χ1n) is 8.04. The van der Waals surface area contributed by atoms with Gasteiger partial charge in [0.15, 0.2) is 5.65 Å². The van der Waals surface area contributed by atoms with Crippen LogP contribution in [0.2, 0.25) is 0 Å². The van der Waals surface area contributed by atoms with Gasteiger partial charge in [-0.1, -0.05) is 37.3 Å². The maximum atomic E-state index is 13.0. The van der Waals surface area contributed by atoms with Gasteiger partial charge in [-0.05, 0) is 36.0 Å². The van der Waals surface area contributed by atoms with Crippen molar-refractivity contribution in [2.45, 2.75) is 25.6 Å². The highest BCUT2D eigenvalue weighted by molar-refractivity contribution is 5.46. The SMILES string of the molecule is CC1CC1C(Nc1ccc2nnc(C(F)(F)F)n2n1)c1ccccc1. The van der Waals surface area contributed by atoms with Crippen LogP contribution >= 0.6 is 0 Å². The lowest BCUT2D eigenvalue weighted by atomic mass is 10.0. The van der Waals surface area contributed by atoms with Crippen LogP contribution in [-0.2, 0) is 6.18 Å². The molecule has 1 saturated carbocycles. The van der Waals surface area contributed by atoms with E-state index in [4.69, 9.17) is 0 Å². The van der Waals surface area contributed by atoms with Crippen molar-refractivity contribution in [2.24, 2.45) is 11.8 Å². The Morgan fingerprint density at radius 2 is 1.84 bits per heavy atom. The third-order valence-electron chi connectivity index (χ3n) is 4.58. The number of hydrogen-bond donors (Lipinski definition) is 1. The number of alkyl halides is 3. The van der Waals surface area contributed by atoms with Gasteiger partial charge in [-0.3, -0.25) is 0 Å². The number of halogens is 3. The summed E-state index contributed by atoms with van der Waals surface area (Å²) < 4.78 is 39.8. The van der Waals surface area contributed by atoms with Gasteiger partial charge in [0.25, 0.3) is 5.82 Å². The van der Waals surface area contributed by atoms with Crippen molar-refractivity contribution in [2.75, 3.05) is 5.32 Å². The van der Waals surface area contributed by atoms with E-state index in [9.17, 15) is 13.2 Å². The van der Waals surface area contributed by atoms with Crippen LogP contribution < -0.4 is 5.32 Å². The molecule has 3 unspecified atom stereocenters. The summed E-state index contributed by atoms with van der Waals surface area (Å²) in [4.78, 5) is 0. The molecule has 2 aromatic heterocycles. The van der Waals surface area contributed by atoms with Crippen molar-refractivity contribution in [3.63, 3.8) is 0 Å². The topological polar surface area (TPSA) is 55.1 Å². The molecular weight excluding hydrogens is 331 g/mol. The standard InChI is InChI=1S/C17H16F3N5/c1-10-9-12(10)15(11-5-3-2-4-6-11)21-13-7-8-14-22-23-16(17(18,19)20)25(14)24-13/h2-8,10,12,15H,9H2,1H3,(H,21,24). The number of nitrogens with one attached hydrogen (secondary N) is 1. The molecule has 130 valence electrons. The molecule has 0 spiro atoms. The lowest BCUT2D eigenvalue weighted by molar-refractivity contribution is -0.146. The Hall–Kier alpha value is -2.64. The van der Waals surface area contributed by atoms with Crippen LogP contribution in [0.15, 0.2) is 42.5 Å². The fourth-order valence-electron chi connectivity index (χ4n) is 3.12. The average Bonchev–Trinajstić information content (AvgIpc) is 3.14. The summed E-state index contributed by atoms with van der Waals surface area (Å²) in [6.07, 6.45) is -3.52. The molecule has 1 N–H and O–H groups in total. The molecule has 2 heterocycles. The Balaban J connectivity index is 1.69. The molecular formula is C17H16F3N5. The maximum absolute atomic E-state index is 13.0. The fraction of sp³-hybridized carbons (Fsp3) is 0.353. The van der Waals surface area contributed by atoms with E-state index in [0.717, 1.165) is 16.5 Å². The quantitative estimate of drug-likeness (QED) is 0.776. The lowest BCUT2D eigenvalue weighted by Crippen LogP contribution is -2.17. The lowest BCUT2D eigenvalue weighted by Gasteiger charge is -2.20. The third-order valence-corrected chi connectivity index (χ3v) is 4.58. The first kappa shape index (κ1) is 15.9. The number of hydrogen-bond acceptors (Lipinski definition) is 4. The summed E-state index contributed by atoms with van der Waals surface area (Å²) in [5.41, 5.74) is 1.16. The zero-order valence-corrected chi connectivity index (χ0v) is 13.4. The molecule has 0 aliphatic heterocycles. The highest BCUT2D eigenvalue weighted by Crippen LogP contribution is 2.48. The first-order chi connectivity index (χ1) is 11.9. The first-order valence-corrected chi connectivity index (χ1v) is 8.04. The van der Waals surface area contributed by atoms with Gasteiger partial charge in [-0.2, -0.15) is 17.7 Å². The van der Waals surface area contributed by atoms with Gasteiger partial charge in [0.2, 0.25) is 0 Å². The van der Waals surface area contributed by atoms with Crippen molar-refractivity contribution in [1.82, 2.24) is 19.8 Å². The molecule has 0 saturated heterocycles. The van der Waals surface area contributed by atoms with Gasteiger partial charge >= 0.3 is 6.18 Å². The molecule has 25 heavy (non-hydrogen) atoms. The third kappa shape index (κ3) is 3.04. The normalized spacial score (nSPS) is 21.3. The minimum atomic E-state index is -4.60. The zero-order chi connectivity index (χ0) is 17.6. The van der Waals surface area contributed by atoms with E-state index in [1.54, 1.807) is 6.07 Å². The molecule has 3 aromatic rings. The van der Waals surface area contributed by atoms with E-state index < -0.39 is 12.0 Å². The van der Waals surface area contributed by atoms with Crippen LogP contribution in [0.5, 0.6) is 0 Å². The summed E-state index contributed by atoms with van der Waals surface area (Å²) in [5.74, 6) is 0.248. The molecule has 0 amide bonds. The van der Waals surface area contributed by atoms with Crippen LogP contribution in [0.4, 0.5) is 19.0 Å². The summed E-state index contributed by atoms with van der Waals surface area (Å²) in [7, 11) is 0. The molecule has 1 aromatic carbocycles. The molecule has 4 rings (SSSR count).